The predicted octanol–water partition coefficient (Wildman–Crippen LogP) is 7.87. The molecule has 0 N–H and O–H groups in total. The zero-order valence-electron chi connectivity index (χ0n) is 16.3. The molecular weight excluding hydrogens is 288 g/mol. The monoisotopic (exact) mass is 328 g/mol. The highest BCUT2D eigenvalue weighted by Crippen LogP contribution is 2.33. The molecule has 0 heterocycles. The van der Waals surface area contributed by atoms with E-state index in [2.05, 4.69) is 50.3 Å². The quantitative estimate of drug-likeness (QED) is 0.398. The van der Waals surface area contributed by atoms with E-state index in [4.69, 9.17) is 0 Å². The SMILES string of the molecule is CC=C[C@H]1CC[C@H](C=CCC[C@H]2CC[C@H](C=CCCC)CC2)CC1. The molecule has 0 bridgehead atoms. The van der Waals surface area contributed by atoms with Crippen LogP contribution in [0.25, 0.3) is 0 Å². The van der Waals surface area contributed by atoms with Crippen molar-refractivity contribution in [3.05, 3.63) is 36.5 Å². The van der Waals surface area contributed by atoms with Crippen LogP contribution < -0.4 is 0 Å². The highest BCUT2D eigenvalue weighted by atomic mass is 14.2. The summed E-state index contributed by atoms with van der Waals surface area (Å²) in [6.07, 6.45) is 31.3. The van der Waals surface area contributed by atoms with Crippen LogP contribution in [-0.2, 0) is 0 Å². The van der Waals surface area contributed by atoms with E-state index in [9.17, 15) is 0 Å². The minimum atomic E-state index is 0.862. The van der Waals surface area contributed by atoms with Crippen molar-refractivity contribution in [2.45, 2.75) is 90.9 Å². The molecule has 0 unspecified atom stereocenters. The molecule has 0 aromatic carbocycles. The van der Waals surface area contributed by atoms with E-state index in [1.54, 1.807) is 0 Å². The summed E-state index contributed by atoms with van der Waals surface area (Å²) in [5, 5.41) is 0. The molecule has 0 aromatic rings. The summed E-state index contributed by atoms with van der Waals surface area (Å²) >= 11 is 0. The average Bonchev–Trinajstić information content (AvgIpc) is 2.62. The molecular formula is C24H40. The summed E-state index contributed by atoms with van der Waals surface area (Å²) in [4.78, 5) is 0. The molecule has 2 aliphatic carbocycles. The molecule has 0 nitrogen and oxygen atoms in total. The molecule has 136 valence electrons. The fourth-order valence-electron chi connectivity index (χ4n) is 4.55. The Morgan fingerprint density at radius 2 is 1.17 bits per heavy atom. The minimum Gasteiger partial charge on any atom is -0.0914 e. The van der Waals surface area contributed by atoms with Crippen LogP contribution in [0.4, 0.5) is 0 Å². The van der Waals surface area contributed by atoms with Gasteiger partial charge in [0.15, 0.2) is 0 Å². The van der Waals surface area contributed by atoms with E-state index in [0.29, 0.717) is 0 Å². The zero-order valence-corrected chi connectivity index (χ0v) is 16.3. The van der Waals surface area contributed by atoms with Crippen LogP contribution in [0.3, 0.4) is 0 Å². The van der Waals surface area contributed by atoms with Gasteiger partial charge in [-0.1, -0.05) is 49.8 Å². The first-order valence-electron chi connectivity index (χ1n) is 10.8. The maximum atomic E-state index is 2.55. The fraction of sp³-hybridized carbons (Fsp3) is 0.750. The highest BCUT2D eigenvalue weighted by molar-refractivity contribution is 4.96. The van der Waals surface area contributed by atoms with Gasteiger partial charge in [0.1, 0.15) is 0 Å². The highest BCUT2D eigenvalue weighted by Gasteiger charge is 2.19. The van der Waals surface area contributed by atoms with Crippen LogP contribution in [0, 0.1) is 23.7 Å². The van der Waals surface area contributed by atoms with Crippen molar-refractivity contribution in [1.29, 1.82) is 0 Å². The summed E-state index contributed by atoms with van der Waals surface area (Å²) < 4.78 is 0. The van der Waals surface area contributed by atoms with Crippen molar-refractivity contribution in [3.63, 3.8) is 0 Å². The number of unbranched alkanes of at least 4 members (excludes halogenated alkanes) is 1. The van der Waals surface area contributed by atoms with E-state index < -0.39 is 0 Å². The zero-order chi connectivity index (χ0) is 17.0. The fourth-order valence-corrected chi connectivity index (χ4v) is 4.55. The molecule has 0 radical (unpaired) electrons. The van der Waals surface area contributed by atoms with Crippen LogP contribution in [0.1, 0.15) is 90.9 Å². The van der Waals surface area contributed by atoms with Gasteiger partial charge in [0, 0.05) is 0 Å². The van der Waals surface area contributed by atoms with Gasteiger partial charge in [-0.2, -0.15) is 0 Å². The number of hydrogen-bond donors (Lipinski definition) is 0. The maximum Gasteiger partial charge on any atom is -0.0233 e. The molecule has 0 saturated heterocycles. The van der Waals surface area contributed by atoms with E-state index in [1.165, 1.54) is 77.0 Å². The Balaban J connectivity index is 1.55. The van der Waals surface area contributed by atoms with Crippen molar-refractivity contribution >= 4 is 0 Å². The summed E-state index contributed by atoms with van der Waals surface area (Å²) in [5.41, 5.74) is 0. The van der Waals surface area contributed by atoms with Gasteiger partial charge in [0.05, 0.1) is 0 Å². The van der Waals surface area contributed by atoms with Gasteiger partial charge in [-0.15, -0.1) is 0 Å². The first-order valence-corrected chi connectivity index (χ1v) is 10.8. The largest absolute Gasteiger partial charge is 0.0914 e. The van der Waals surface area contributed by atoms with Crippen LogP contribution in [-0.4, -0.2) is 0 Å². The molecule has 0 aromatic heterocycles. The average molecular weight is 329 g/mol. The van der Waals surface area contributed by atoms with Crippen LogP contribution in [0.5, 0.6) is 0 Å². The second-order valence-electron chi connectivity index (χ2n) is 8.20. The Kier molecular flexibility index (Phi) is 9.54. The van der Waals surface area contributed by atoms with Crippen LogP contribution in [0.2, 0.25) is 0 Å². The van der Waals surface area contributed by atoms with Crippen molar-refractivity contribution in [2.24, 2.45) is 23.7 Å². The summed E-state index contributed by atoms with van der Waals surface area (Å²) in [5.74, 6) is 3.61. The van der Waals surface area contributed by atoms with Gasteiger partial charge >= 0.3 is 0 Å². The Labute approximate surface area is 151 Å². The third-order valence-corrected chi connectivity index (χ3v) is 6.19. The van der Waals surface area contributed by atoms with E-state index in [0.717, 1.165) is 23.7 Å². The van der Waals surface area contributed by atoms with Crippen molar-refractivity contribution in [2.75, 3.05) is 0 Å². The Morgan fingerprint density at radius 1 is 0.667 bits per heavy atom. The normalized spacial score (nSPS) is 32.2. The lowest BCUT2D eigenvalue weighted by molar-refractivity contribution is 0.297. The lowest BCUT2D eigenvalue weighted by Crippen LogP contribution is -2.13. The minimum absolute atomic E-state index is 0.862. The maximum absolute atomic E-state index is 2.55. The number of rotatable bonds is 8. The molecule has 2 aliphatic rings. The molecule has 2 saturated carbocycles. The Hall–Kier alpha value is -0.780. The van der Waals surface area contributed by atoms with Gasteiger partial charge in [-0.05, 0) is 101 Å². The van der Waals surface area contributed by atoms with E-state index in [1.807, 2.05) is 0 Å². The molecule has 2 fully saturated rings. The van der Waals surface area contributed by atoms with E-state index >= 15 is 0 Å². The molecule has 0 atom stereocenters. The van der Waals surface area contributed by atoms with Crippen molar-refractivity contribution < 1.29 is 0 Å². The molecule has 0 spiro atoms. The van der Waals surface area contributed by atoms with Gasteiger partial charge in [0.25, 0.3) is 0 Å². The molecule has 0 heteroatoms. The Morgan fingerprint density at radius 3 is 1.71 bits per heavy atom. The third-order valence-electron chi connectivity index (χ3n) is 6.19. The van der Waals surface area contributed by atoms with Crippen LogP contribution in [0.15, 0.2) is 36.5 Å². The topological polar surface area (TPSA) is 0 Å². The summed E-state index contributed by atoms with van der Waals surface area (Å²) in [6.45, 7) is 4.42. The lowest BCUT2D eigenvalue weighted by Gasteiger charge is -2.26. The molecule has 24 heavy (non-hydrogen) atoms. The number of allylic oxidation sites excluding steroid dienone is 6. The number of hydrogen-bond acceptors (Lipinski definition) is 0. The van der Waals surface area contributed by atoms with Gasteiger partial charge in [0.2, 0.25) is 0 Å². The van der Waals surface area contributed by atoms with Gasteiger partial charge in [-0.3, -0.25) is 0 Å². The van der Waals surface area contributed by atoms with Crippen molar-refractivity contribution in [3.8, 4) is 0 Å². The second kappa shape index (κ2) is 11.7. The predicted molar refractivity (Wildman–Crippen MR) is 108 cm³/mol. The Bertz CT molecular complexity index is 384. The standard InChI is InChI=1S/C24H40/c1-3-5-6-10-22-17-19-24(20-18-22)12-8-7-11-23-15-13-21(9-4-2)14-16-23/h4,6-7,9-11,21-24H,3,5,8,12-20H2,1-2H3/t21-,22-,23-,24-. The van der Waals surface area contributed by atoms with Gasteiger partial charge in [-0.25, -0.2) is 0 Å². The van der Waals surface area contributed by atoms with Gasteiger partial charge < -0.3 is 0 Å². The second-order valence-corrected chi connectivity index (χ2v) is 8.20. The molecule has 2 rings (SSSR count). The molecule has 0 aliphatic heterocycles. The first-order chi connectivity index (χ1) is 11.8. The van der Waals surface area contributed by atoms with Crippen LogP contribution >= 0.6 is 0 Å². The summed E-state index contributed by atoms with van der Waals surface area (Å²) in [6, 6.07) is 0. The smallest absolute Gasteiger partial charge is 0.0233 e. The third kappa shape index (κ3) is 7.41. The lowest BCUT2D eigenvalue weighted by atomic mass is 9.79. The molecule has 0 amide bonds. The summed E-state index contributed by atoms with van der Waals surface area (Å²) in [7, 11) is 0. The first kappa shape index (κ1) is 19.5. The van der Waals surface area contributed by atoms with E-state index in [-0.39, 0.29) is 0 Å². The van der Waals surface area contributed by atoms with Crippen molar-refractivity contribution in [1.82, 2.24) is 0 Å².